The van der Waals surface area contributed by atoms with Gasteiger partial charge in [0.25, 0.3) is 5.91 Å². The Bertz CT molecular complexity index is 1180. The van der Waals surface area contributed by atoms with Crippen LogP contribution < -0.4 is 21.1 Å². The molecule has 0 aliphatic carbocycles. The predicted octanol–water partition coefficient (Wildman–Crippen LogP) is 6.36. The normalized spacial score (nSPS) is 12.8. The summed E-state index contributed by atoms with van der Waals surface area (Å²) >= 11 is 0. The average molecular weight is 502 g/mol. The molecule has 0 aromatic heterocycles. The Kier molecular flexibility index (Phi) is 8.42. The highest BCUT2D eigenvalue weighted by Gasteiger charge is 2.31. The van der Waals surface area contributed by atoms with Crippen molar-refractivity contribution in [1.82, 2.24) is 5.32 Å². The Morgan fingerprint density at radius 1 is 0.944 bits per heavy atom. The van der Waals surface area contributed by atoms with Crippen LogP contribution >= 0.6 is 0 Å². The number of hydrogen-bond acceptors (Lipinski definition) is 5. The molecule has 4 N–H and O–H groups in total. The number of nitrogens with one attached hydrogen (secondary N) is 2. The van der Waals surface area contributed by atoms with Crippen LogP contribution in [-0.2, 0) is 4.74 Å². The minimum Gasteiger partial charge on any atom is -0.442 e. The van der Waals surface area contributed by atoms with Crippen molar-refractivity contribution in [3.63, 3.8) is 0 Å². The predicted molar refractivity (Wildman–Crippen MR) is 129 cm³/mol. The molecule has 0 spiro atoms. The second-order valence-corrected chi connectivity index (χ2v) is 7.93. The van der Waals surface area contributed by atoms with Crippen molar-refractivity contribution in [2.24, 2.45) is 0 Å². The third kappa shape index (κ3) is 7.39. The van der Waals surface area contributed by atoms with Crippen LogP contribution in [0.3, 0.4) is 0 Å². The highest BCUT2D eigenvalue weighted by molar-refractivity contribution is 6.05. The summed E-state index contributed by atoms with van der Waals surface area (Å²) in [5.41, 5.74) is 8.52. The zero-order chi connectivity index (χ0) is 26.3. The zero-order valence-corrected chi connectivity index (χ0v) is 19.6. The maximum atomic E-state index is 12.5. The zero-order valence-electron chi connectivity index (χ0n) is 19.6. The first-order valence-corrected chi connectivity index (χ1v) is 11.1. The Labute approximate surface area is 206 Å². The molecule has 2 amide bonds. The number of nitrogen functional groups attached to an aromatic ring is 1. The van der Waals surface area contributed by atoms with Crippen LogP contribution in [0.1, 0.15) is 53.9 Å². The summed E-state index contributed by atoms with van der Waals surface area (Å²) in [6.07, 6.45) is -5.62. The number of carbonyl (C=O) groups excluding carboxylic acids is 2. The number of rotatable bonds is 8. The summed E-state index contributed by atoms with van der Waals surface area (Å²) in [7, 11) is 0. The van der Waals surface area contributed by atoms with Gasteiger partial charge in [-0.3, -0.25) is 4.79 Å². The molecule has 3 aromatic rings. The molecule has 0 bridgehead atoms. The summed E-state index contributed by atoms with van der Waals surface area (Å²) in [5.74, 6) is -0.682. The van der Waals surface area contributed by atoms with E-state index in [1.54, 1.807) is 55.5 Å². The van der Waals surface area contributed by atoms with Crippen LogP contribution in [-0.4, -0.2) is 18.4 Å². The summed E-state index contributed by atoms with van der Waals surface area (Å²) in [5, 5.41) is 5.53. The molecule has 36 heavy (non-hydrogen) atoms. The fraction of sp³-hybridized carbons (Fsp3) is 0.231. The molecule has 3 aromatic carbocycles. The molecule has 0 fully saturated rings. The van der Waals surface area contributed by atoms with Gasteiger partial charge in [0.05, 0.1) is 17.4 Å². The van der Waals surface area contributed by atoms with Gasteiger partial charge in [-0.25, -0.2) is 4.79 Å². The molecule has 0 unspecified atom stereocenters. The molecule has 10 heteroatoms. The Morgan fingerprint density at radius 3 is 2.14 bits per heavy atom. The van der Waals surface area contributed by atoms with Crippen LogP contribution in [0.5, 0.6) is 5.75 Å². The standard InChI is InChI=1S/C26H26F3N3O4/c1-3-22(18-8-10-19(11-9-18)24(33)31-23-7-5-4-6-21(23)30)32-25(34)35-16(2)17-12-14-20(15-13-17)36-26(27,28)29/h4-16,22H,3,30H2,1-2H3,(H,31,33)(H,32,34)/t16-,22-/m0/s1. The van der Waals surface area contributed by atoms with Crippen LogP contribution in [0.2, 0.25) is 0 Å². The average Bonchev–Trinajstić information content (AvgIpc) is 2.83. The van der Waals surface area contributed by atoms with E-state index in [1.807, 2.05) is 6.92 Å². The van der Waals surface area contributed by atoms with Gasteiger partial charge in [0.2, 0.25) is 0 Å². The van der Waals surface area contributed by atoms with Crippen LogP contribution in [0.4, 0.5) is 29.3 Å². The number of para-hydroxylation sites is 2. The van der Waals surface area contributed by atoms with Gasteiger partial charge in [0.1, 0.15) is 11.9 Å². The van der Waals surface area contributed by atoms with Crippen molar-refractivity contribution in [2.45, 2.75) is 38.8 Å². The molecule has 0 saturated carbocycles. The second-order valence-electron chi connectivity index (χ2n) is 7.93. The van der Waals surface area contributed by atoms with E-state index in [9.17, 15) is 22.8 Å². The van der Waals surface area contributed by atoms with E-state index in [0.717, 1.165) is 17.7 Å². The largest absolute Gasteiger partial charge is 0.573 e. The van der Waals surface area contributed by atoms with Crippen molar-refractivity contribution in [2.75, 3.05) is 11.1 Å². The van der Waals surface area contributed by atoms with Crippen molar-refractivity contribution < 1.29 is 32.2 Å². The van der Waals surface area contributed by atoms with E-state index in [0.29, 0.717) is 28.9 Å². The Balaban J connectivity index is 1.57. The fourth-order valence-electron chi connectivity index (χ4n) is 3.44. The number of alkyl carbamates (subject to hydrolysis) is 1. The molecule has 3 rings (SSSR count). The van der Waals surface area contributed by atoms with Gasteiger partial charge in [-0.1, -0.05) is 43.3 Å². The van der Waals surface area contributed by atoms with Gasteiger partial charge in [-0.2, -0.15) is 0 Å². The first-order valence-electron chi connectivity index (χ1n) is 11.1. The lowest BCUT2D eigenvalue weighted by Gasteiger charge is -2.20. The third-order valence-electron chi connectivity index (χ3n) is 5.35. The SMILES string of the molecule is CC[C@H](NC(=O)O[C@@H](C)c1ccc(OC(F)(F)F)cc1)c1ccc(C(=O)Nc2ccccc2N)cc1. The number of anilines is 2. The van der Waals surface area contributed by atoms with E-state index in [-0.39, 0.29) is 17.7 Å². The molecule has 0 aliphatic heterocycles. The lowest BCUT2D eigenvalue weighted by atomic mass is 10.0. The first kappa shape index (κ1) is 26.4. The van der Waals surface area contributed by atoms with E-state index in [1.165, 1.54) is 12.1 Å². The van der Waals surface area contributed by atoms with Crippen LogP contribution in [0.25, 0.3) is 0 Å². The smallest absolute Gasteiger partial charge is 0.442 e. The lowest BCUT2D eigenvalue weighted by molar-refractivity contribution is -0.274. The molecule has 0 radical (unpaired) electrons. The minimum atomic E-state index is -4.78. The molecule has 0 heterocycles. The van der Waals surface area contributed by atoms with Gasteiger partial charge < -0.3 is 25.8 Å². The first-order chi connectivity index (χ1) is 17.1. The third-order valence-corrected chi connectivity index (χ3v) is 5.35. The van der Waals surface area contributed by atoms with E-state index in [4.69, 9.17) is 10.5 Å². The number of carbonyl (C=O) groups is 2. The van der Waals surface area contributed by atoms with Crippen molar-refractivity contribution in [1.29, 1.82) is 0 Å². The lowest BCUT2D eigenvalue weighted by Crippen LogP contribution is -2.29. The number of benzene rings is 3. The second kappa shape index (κ2) is 11.5. The summed E-state index contributed by atoms with van der Waals surface area (Å²) in [4.78, 5) is 25.0. The Morgan fingerprint density at radius 2 is 1.56 bits per heavy atom. The monoisotopic (exact) mass is 501 g/mol. The molecular weight excluding hydrogens is 475 g/mol. The maximum Gasteiger partial charge on any atom is 0.573 e. The quantitative estimate of drug-likeness (QED) is 0.312. The van der Waals surface area contributed by atoms with Crippen molar-refractivity contribution in [3.05, 3.63) is 89.5 Å². The van der Waals surface area contributed by atoms with Crippen molar-refractivity contribution >= 4 is 23.4 Å². The van der Waals surface area contributed by atoms with Crippen molar-refractivity contribution in [3.8, 4) is 5.75 Å². The molecule has 2 atom stereocenters. The van der Waals surface area contributed by atoms with E-state index in [2.05, 4.69) is 15.4 Å². The number of hydrogen-bond donors (Lipinski definition) is 3. The number of ether oxygens (including phenoxy) is 2. The van der Waals surface area contributed by atoms with Gasteiger partial charge in [0.15, 0.2) is 0 Å². The van der Waals surface area contributed by atoms with Crippen LogP contribution in [0, 0.1) is 0 Å². The maximum absolute atomic E-state index is 12.5. The highest BCUT2D eigenvalue weighted by Crippen LogP contribution is 2.26. The van der Waals surface area contributed by atoms with E-state index >= 15 is 0 Å². The summed E-state index contributed by atoms with van der Waals surface area (Å²) < 4.78 is 46.1. The minimum absolute atomic E-state index is 0.319. The van der Waals surface area contributed by atoms with Gasteiger partial charge in [0, 0.05) is 5.56 Å². The van der Waals surface area contributed by atoms with Gasteiger partial charge in [-0.15, -0.1) is 13.2 Å². The van der Waals surface area contributed by atoms with E-state index < -0.39 is 18.6 Å². The summed E-state index contributed by atoms with van der Waals surface area (Å²) in [6, 6.07) is 18.4. The number of alkyl halides is 3. The molecular formula is C26H26F3N3O4. The molecule has 7 nitrogen and oxygen atoms in total. The number of halogens is 3. The van der Waals surface area contributed by atoms with Gasteiger partial charge in [-0.05, 0) is 60.9 Å². The molecule has 190 valence electrons. The van der Waals surface area contributed by atoms with Gasteiger partial charge >= 0.3 is 12.5 Å². The highest BCUT2D eigenvalue weighted by atomic mass is 19.4. The topological polar surface area (TPSA) is 103 Å². The molecule has 0 saturated heterocycles. The number of nitrogens with two attached hydrogens (primary N) is 1. The Hall–Kier alpha value is -4.21. The summed E-state index contributed by atoms with van der Waals surface area (Å²) in [6.45, 7) is 3.49. The molecule has 0 aliphatic rings. The fourth-order valence-corrected chi connectivity index (χ4v) is 3.44. The van der Waals surface area contributed by atoms with Crippen LogP contribution in [0.15, 0.2) is 72.8 Å². The number of amides is 2.